The standard InChI is InChI=1S/C12H10N2/c1-9-13-8-11-7-6-10-4-2-3-5-12(10)14(9)11/h2-8H,1H3. The third-order valence-electron chi connectivity index (χ3n) is 2.58. The molecular formula is C12H10N2. The molecule has 0 aliphatic heterocycles. The first-order valence-corrected chi connectivity index (χ1v) is 4.68. The van der Waals surface area contributed by atoms with Crippen LogP contribution in [0.25, 0.3) is 16.4 Å². The zero-order valence-corrected chi connectivity index (χ0v) is 7.94. The molecule has 0 amide bonds. The molecule has 0 radical (unpaired) electrons. The highest BCUT2D eigenvalue weighted by Crippen LogP contribution is 2.17. The maximum Gasteiger partial charge on any atom is 0.110 e. The van der Waals surface area contributed by atoms with Crippen molar-refractivity contribution in [2.45, 2.75) is 6.92 Å². The van der Waals surface area contributed by atoms with Gasteiger partial charge in [0.05, 0.1) is 17.2 Å². The van der Waals surface area contributed by atoms with Gasteiger partial charge in [-0.15, -0.1) is 0 Å². The molecule has 0 bridgehead atoms. The molecule has 0 aliphatic carbocycles. The number of para-hydroxylation sites is 1. The summed E-state index contributed by atoms with van der Waals surface area (Å²) in [5, 5.41) is 1.25. The van der Waals surface area contributed by atoms with Gasteiger partial charge >= 0.3 is 0 Å². The van der Waals surface area contributed by atoms with Gasteiger partial charge in [-0.1, -0.05) is 24.3 Å². The van der Waals surface area contributed by atoms with Crippen molar-refractivity contribution in [3.8, 4) is 0 Å². The van der Waals surface area contributed by atoms with Gasteiger partial charge in [-0.3, -0.25) is 4.40 Å². The lowest BCUT2D eigenvalue weighted by atomic mass is 10.2. The van der Waals surface area contributed by atoms with Crippen LogP contribution in [-0.2, 0) is 0 Å². The molecule has 3 aromatic rings. The van der Waals surface area contributed by atoms with E-state index >= 15 is 0 Å². The van der Waals surface area contributed by atoms with Crippen molar-refractivity contribution < 1.29 is 0 Å². The zero-order chi connectivity index (χ0) is 9.54. The Bertz CT molecular complexity index is 608. The molecule has 0 unspecified atom stereocenters. The van der Waals surface area contributed by atoms with Crippen LogP contribution in [0.5, 0.6) is 0 Å². The first kappa shape index (κ1) is 7.56. The van der Waals surface area contributed by atoms with Gasteiger partial charge in [-0.05, 0) is 24.4 Å². The van der Waals surface area contributed by atoms with E-state index in [-0.39, 0.29) is 0 Å². The van der Waals surface area contributed by atoms with Crippen molar-refractivity contribution in [2.24, 2.45) is 0 Å². The highest BCUT2D eigenvalue weighted by atomic mass is 15.0. The summed E-state index contributed by atoms with van der Waals surface area (Å²) in [5.41, 5.74) is 2.38. The Labute approximate surface area is 81.8 Å². The summed E-state index contributed by atoms with van der Waals surface area (Å²) >= 11 is 0. The molecule has 0 N–H and O–H groups in total. The lowest BCUT2D eigenvalue weighted by Crippen LogP contribution is -1.89. The Hall–Kier alpha value is -1.83. The monoisotopic (exact) mass is 182 g/mol. The number of aryl methyl sites for hydroxylation is 1. The van der Waals surface area contributed by atoms with Crippen LogP contribution in [0.1, 0.15) is 5.82 Å². The van der Waals surface area contributed by atoms with Gasteiger partial charge in [-0.2, -0.15) is 0 Å². The molecule has 2 nitrogen and oxygen atoms in total. The summed E-state index contributed by atoms with van der Waals surface area (Å²) in [6.07, 6.45) is 1.90. The normalized spacial score (nSPS) is 11.2. The van der Waals surface area contributed by atoms with Crippen LogP contribution in [-0.4, -0.2) is 9.38 Å². The van der Waals surface area contributed by atoms with E-state index in [0.29, 0.717) is 0 Å². The van der Waals surface area contributed by atoms with Crippen LogP contribution in [0.2, 0.25) is 0 Å². The summed E-state index contributed by atoms with van der Waals surface area (Å²) in [5.74, 6) is 1.04. The quantitative estimate of drug-likeness (QED) is 0.522. The lowest BCUT2D eigenvalue weighted by molar-refractivity contribution is 1.08. The second-order valence-electron chi connectivity index (χ2n) is 3.46. The molecule has 0 spiro atoms. The van der Waals surface area contributed by atoms with Crippen LogP contribution in [0.4, 0.5) is 0 Å². The number of hydrogen-bond donors (Lipinski definition) is 0. The topological polar surface area (TPSA) is 17.3 Å². The molecule has 1 aromatic carbocycles. The van der Waals surface area contributed by atoms with Gasteiger partial charge in [0.1, 0.15) is 5.82 Å². The van der Waals surface area contributed by atoms with Crippen molar-refractivity contribution in [3.05, 3.63) is 48.4 Å². The fraction of sp³-hybridized carbons (Fsp3) is 0.0833. The smallest absolute Gasteiger partial charge is 0.110 e. The highest BCUT2D eigenvalue weighted by Gasteiger charge is 2.01. The molecule has 0 fully saturated rings. The molecule has 68 valence electrons. The van der Waals surface area contributed by atoms with Crippen LogP contribution in [0.15, 0.2) is 42.6 Å². The number of pyridine rings is 1. The number of aromatic nitrogens is 2. The van der Waals surface area contributed by atoms with Crippen LogP contribution >= 0.6 is 0 Å². The van der Waals surface area contributed by atoms with E-state index in [1.54, 1.807) is 0 Å². The third-order valence-corrected chi connectivity index (χ3v) is 2.58. The second kappa shape index (κ2) is 2.58. The minimum absolute atomic E-state index is 1.04. The average Bonchev–Trinajstić information content (AvgIpc) is 2.61. The Kier molecular flexibility index (Phi) is 1.39. The zero-order valence-electron chi connectivity index (χ0n) is 7.94. The van der Waals surface area contributed by atoms with E-state index in [0.717, 1.165) is 11.3 Å². The predicted octanol–water partition coefficient (Wildman–Crippen LogP) is 2.80. The third kappa shape index (κ3) is 0.880. The summed E-state index contributed by atoms with van der Waals surface area (Å²) in [4.78, 5) is 4.31. The van der Waals surface area contributed by atoms with E-state index < -0.39 is 0 Å². The molecule has 0 saturated carbocycles. The van der Waals surface area contributed by atoms with Crippen LogP contribution in [0, 0.1) is 6.92 Å². The maximum atomic E-state index is 4.31. The first-order chi connectivity index (χ1) is 6.86. The summed E-state index contributed by atoms with van der Waals surface area (Å²) in [7, 11) is 0. The van der Waals surface area contributed by atoms with Crippen molar-refractivity contribution in [1.82, 2.24) is 9.38 Å². The number of rotatable bonds is 0. The molecule has 0 aliphatic rings. The lowest BCUT2D eigenvalue weighted by Gasteiger charge is -2.02. The molecule has 2 heterocycles. The molecular weight excluding hydrogens is 172 g/mol. The number of fused-ring (bicyclic) bond motifs is 3. The Morgan fingerprint density at radius 2 is 1.93 bits per heavy atom. The fourth-order valence-electron chi connectivity index (χ4n) is 1.90. The number of benzene rings is 1. The van der Waals surface area contributed by atoms with Crippen molar-refractivity contribution in [2.75, 3.05) is 0 Å². The fourth-order valence-corrected chi connectivity index (χ4v) is 1.90. The number of imidazole rings is 1. The molecule has 2 heteroatoms. The van der Waals surface area contributed by atoms with E-state index in [1.807, 2.05) is 13.1 Å². The van der Waals surface area contributed by atoms with E-state index in [1.165, 1.54) is 10.9 Å². The Morgan fingerprint density at radius 3 is 2.86 bits per heavy atom. The van der Waals surface area contributed by atoms with E-state index in [4.69, 9.17) is 0 Å². The van der Waals surface area contributed by atoms with E-state index in [9.17, 15) is 0 Å². The second-order valence-corrected chi connectivity index (χ2v) is 3.46. The van der Waals surface area contributed by atoms with Gasteiger partial charge < -0.3 is 0 Å². The van der Waals surface area contributed by atoms with Gasteiger partial charge in [-0.25, -0.2) is 4.98 Å². The summed E-state index contributed by atoms with van der Waals surface area (Å²) in [6, 6.07) is 12.6. The highest BCUT2D eigenvalue weighted by molar-refractivity contribution is 5.82. The molecule has 0 saturated heterocycles. The molecule has 0 atom stereocenters. The molecule has 3 rings (SSSR count). The minimum atomic E-state index is 1.04. The summed E-state index contributed by atoms with van der Waals surface area (Å²) < 4.78 is 2.18. The largest absolute Gasteiger partial charge is 0.297 e. The first-order valence-electron chi connectivity index (χ1n) is 4.68. The molecule has 2 aromatic heterocycles. The Morgan fingerprint density at radius 1 is 1.07 bits per heavy atom. The average molecular weight is 182 g/mol. The molecule has 14 heavy (non-hydrogen) atoms. The summed E-state index contributed by atoms with van der Waals surface area (Å²) in [6.45, 7) is 2.03. The van der Waals surface area contributed by atoms with Gasteiger partial charge in [0.2, 0.25) is 0 Å². The number of hydrogen-bond acceptors (Lipinski definition) is 1. The van der Waals surface area contributed by atoms with Crippen LogP contribution < -0.4 is 0 Å². The van der Waals surface area contributed by atoms with Crippen molar-refractivity contribution in [3.63, 3.8) is 0 Å². The minimum Gasteiger partial charge on any atom is -0.297 e. The van der Waals surface area contributed by atoms with Gasteiger partial charge in [0, 0.05) is 0 Å². The van der Waals surface area contributed by atoms with Gasteiger partial charge in [0.25, 0.3) is 0 Å². The predicted molar refractivity (Wildman–Crippen MR) is 57.4 cm³/mol. The van der Waals surface area contributed by atoms with Crippen molar-refractivity contribution >= 4 is 16.4 Å². The SMILES string of the molecule is Cc1ncc2ccc3ccccc3n12. The van der Waals surface area contributed by atoms with Crippen molar-refractivity contribution in [1.29, 1.82) is 0 Å². The Balaban J connectivity index is 2.65. The van der Waals surface area contributed by atoms with E-state index in [2.05, 4.69) is 45.8 Å². The van der Waals surface area contributed by atoms with Crippen LogP contribution in [0.3, 0.4) is 0 Å². The maximum absolute atomic E-state index is 4.31. The van der Waals surface area contributed by atoms with Gasteiger partial charge in [0.15, 0.2) is 0 Å². The number of nitrogens with zero attached hydrogens (tertiary/aromatic N) is 2.